The maximum atomic E-state index is 3.77. The molecule has 1 N–H and O–H groups in total. The molecule has 0 aromatic heterocycles. The first-order valence-electron chi connectivity index (χ1n) is 12.7. The van der Waals surface area contributed by atoms with Crippen LogP contribution in [-0.4, -0.2) is 0 Å². The van der Waals surface area contributed by atoms with Crippen molar-refractivity contribution in [2.75, 3.05) is 5.32 Å². The predicted octanol–water partition coefficient (Wildman–Crippen LogP) is 10.2. The number of hydrogen-bond donors (Lipinski definition) is 1. The second-order valence-electron chi connectivity index (χ2n) is 9.47. The quantitative estimate of drug-likeness (QED) is 0.269. The van der Waals surface area contributed by atoms with Crippen molar-refractivity contribution in [2.24, 2.45) is 0 Å². The fourth-order valence-electron chi connectivity index (χ4n) is 5.50. The summed E-state index contributed by atoms with van der Waals surface area (Å²) in [5.74, 6) is 0. The fraction of sp³-hybridized carbons (Fsp3) is 0. The summed E-state index contributed by atoms with van der Waals surface area (Å²) in [5.41, 5.74) is 7.16. The third-order valence-corrected chi connectivity index (χ3v) is 7.23. The van der Waals surface area contributed by atoms with Gasteiger partial charge in [0.1, 0.15) is 0 Å². The van der Waals surface area contributed by atoms with E-state index in [2.05, 4.69) is 151 Å². The van der Waals surface area contributed by atoms with Crippen LogP contribution in [0, 0.1) is 0 Å². The van der Waals surface area contributed by atoms with Crippen molar-refractivity contribution < 1.29 is 0 Å². The Morgan fingerprint density at radius 3 is 1.76 bits per heavy atom. The first-order valence-corrected chi connectivity index (χ1v) is 12.7. The zero-order valence-electron chi connectivity index (χ0n) is 20.4. The van der Waals surface area contributed by atoms with Crippen molar-refractivity contribution in [1.82, 2.24) is 0 Å². The Morgan fingerprint density at radius 1 is 0.351 bits per heavy atom. The average Bonchev–Trinajstić information content (AvgIpc) is 2.97. The minimum Gasteiger partial charge on any atom is -0.355 e. The average molecular weight is 472 g/mol. The Labute approximate surface area is 216 Å². The van der Waals surface area contributed by atoms with Crippen LogP contribution in [0.4, 0.5) is 11.4 Å². The summed E-state index contributed by atoms with van der Waals surface area (Å²) in [6.45, 7) is 0. The van der Waals surface area contributed by atoms with Gasteiger partial charge in [0.2, 0.25) is 0 Å². The second-order valence-corrected chi connectivity index (χ2v) is 9.47. The highest BCUT2D eigenvalue weighted by atomic mass is 14.9. The van der Waals surface area contributed by atoms with Crippen LogP contribution < -0.4 is 5.32 Å². The largest absolute Gasteiger partial charge is 0.355 e. The molecule has 0 heterocycles. The highest BCUT2D eigenvalue weighted by Crippen LogP contribution is 2.39. The summed E-state index contributed by atoms with van der Waals surface area (Å²) in [4.78, 5) is 0. The molecule has 0 amide bonds. The first kappa shape index (κ1) is 21.4. The zero-order valence-corrected chi connectivity index (χ0v) is 20.4. The van der Waals surface area contributed by atoms with Gasteiger partial charge >= 0.3 is 0 Å². The first-order chi connectivity index (χ1) is 18.3. The molecular formula is C36H25N. The Balaban J connectivity index is 1.38. The molecule has 0 aliphatic rings. The van der Waals surface area contributed by atoms with Crippen LogP contribution in [-0.2, 0) is 0 Å². The molecule has 1 nitrogen and oxygen atoms in total. The van der Waals surface area contributed by atoms with Gasteiger partial charge in [0.05, 0.1) is 0 Å². The molecule has 0 atom stereocenters. The van der Waals surface area contributed by atoms with Crippen LogP contribution in [0.1, 0.15) is 0 Å². The smallest absolute Gasteiger partial charge is 0.0464 e. The normalized spacial score (nSPS) is 11.2. The molecule has 0 bridgehead atoms. The van der Waals surface area contributed by atoms with Crippen molar-refractivity contribution in [3.8, 4) is 22.3 Å². The molecule has 37 heavy (non-hydrogen) atoms. The molecule has 0 spiro atoms. The summed E-state index contributed by atoms with van der Waals surface area (Å²) < 4.78 is 0. The number of benzene rings is 7. The van der Waals surface area contributed by atoms with E-state index in [4.69, 9.17) is 0 Å². The molecule has 0 aliphatic heterocycles. The van der Waals surface area contributed by atoms with E-state index in [0.29, 0.717) is 0 Å². The maximum absolute atomic E-state index is 3.77. The molecular weight excluding hydrogens is 446 g/mol. The van der Waals surface area contributed by atoms with Crippen molar-refractivity contribution in [3.05, 3.63) is 146 Å². The molecule has 7 rings (SSSR count). The van der Waals surface area contributed by atoms with E-state index < -0.39 is 0 Å². The van der Waals surface area contributed by atoms with Crippen LogP contribution >= 0.6 is 0 Å². The lowest BCUT2D eigenvalue weighted by molar-refractivity contribution is 1.58. The molecule has 0 radical (unpaired) electrons. The van der Waals surface area contributed by atoms with Crippen molar-refractivity contribution in [1.29, 1.82) is 0 Å². The molecule has 0 aliphatic carbocycles. The second kappa shape index (κ2) is 8.96. The van der Waals surface area contributed by atoms with E-state index in [1.165, 1.54) is 54.6 Å². The monoisotopic (exact) mass is 471 g/mol. The summed E-state index contributed by atoms with van der Waals surface area (Å²) in [6, 6.07) is 52.1. The highest BCUT2D eigenvalue weighted by Gasteiger charge is 2.12. The number of nitrogens with one attached hydrogen (secondary N) is 1. The van der Waals surface area contributed by atoms with Crippen molar-refractivity contribution >= 4 is 43.7 Å². The van der Waals surface area contributed by atoms with Gasteiger partial charge in [-0.25, -0.2) is 0 Å². The third kappa shape index (κ3) is 3.82. The Morgan fingerprint density at radius 2 is 0.946 bits per heavy atom. The molecule has 1 heteroatoms. The van der Waals surface area contributed by atoms with Gasteiger partial charge in [0.25, 0.3) is 0 Å². The summed E-state index contributed by atoms with van der Waals surface area (Å²) in [6.07, 6.45) is 0. The Bertz CT molecular complexity index is 1900. The van der Waals surface area contributed by atoms with Crippen molar-refractivity contribution in [2.45, 2.75) is 0 Å². The Hall–Kier alpha value is -4.88. The molecule has 0 saturated carbocycles. The van der Waals surface area contributed by atoms with Gasteiger partial charge in [-0.15, -0.1) is 0 Å². The molecule has 0 unspecified atom stereocenters. The molecule has 0 saturated heterocycles. The number of anilines is 2. The SMILES string of the molecule is c1ccc(-c2cc(Nc3ccc(-c4cccc5ccccc45)c4ccccc34)cc3ccccc23)cc1. The van der Waals surface area contributed by atoms with Gasteiger partial charge in [-0.3, -0.25) is 0 Å². The number of hydrogen-bond acceptors (Lipinski definition) is 1. The lowest BCUT2D eigenvalue weighted by atomic mass is 9.93. The van der Waals surface area contributed by atoms with E-state index in [1.807, 2.05) is 0 Å². The molecule has 7 aromatic carbocycles. The topological polar surface area (TPSA) is 12.0 Å². The van der Waals surface area contributed by atoms with Gasteiger partial charge < -0.3 is 5.32 Å². The van der Waals surface area contributed by atoms with Crippen LogP contribution in [0.25, 0.3) is 54.6 Å². The third-order valence-electron chi connectivity index (χ3n) is 7.23. The van der Waals surface area contributed by atoms with Gasteiger partial charge in [-0.05, 0) is 67.4 Å². The van der Waals surface area contributed by atoms with Gasteiger partial charge in [-0.2, -0.15) is 0 Å². The molecule has 174 valence electrons. The fourth-order valence-corrected chi connectivity index (χ4v) is 5.50. The van der Waals surface area contributed by atoms with Gasteiger partial charge in [-0.1, -0.05) is 127 Å². The van der Waals surface area contributed by atoms with E-state index in [0.717, 1.165) is 11.4 Å². The highest BCUT2D eigenvalue weighted by molar-refractivity contribution is 6.09. The summed E-state index contributed by atoms with van der Waals surface area (Å²) in [7, 11) is 0. The van der Waals surface area contributed by atoms with Crippen LogP contribution in [0.5, 0.6) is 0 Å². The Kier molecular flexibility index (Phi) is 5.19. The van der Waals surface area contributed by atoms with Crippen LogP contribution in [0.3, 0.4) is 0 Å². The van der Waals surface area contributed by atoms with E-state index >= 15 is 0 Å². The van der Waals surface area contributed by atoms with Gasteiger partial charge in [0.15, 0.2) is 0 Å². The predicted molar refractivity (Wildman–Crippen MR) is 160 cm³/mol. The van der Waals surface area contributed by atoms with Crippen molar-refractivity contribution in [3.63, 3.8) is 0 Å². The minimum atomic E-state index is 1.08. The van der Waals surface area contributed by atoms with Crippen LogP contribution in [0.2, 0.25) is 0 Å². The van der Waals surface area contributed by atoms with E-state index in [9.17, 15) is 0 Å². The summed E-state index contributed by atoms with van der Waals surface area (Å²) >= 11 is 0. The number of fused-ring (bicyclic) bond motifs is 3. The van der Waals surface area contributed by atoms with Gasteiger partial charge in [0, 0.05) is 16.8 Å². The number of rotatable bonds is 4. The maximum Gasteiger partial charge on any atom is 0.0464 e. The van der Waals surface area contributed by atoms with E-state index in [-0.39, 0.29) is 0 Å². The van der Waals surface area contributed by atoms with E-state index in [1.54, 1.807) is 0 Å². The lowest BCUT2D eigenvalue weighted by Crippen LogP contribution is -1.94. The lowest BCUT2D eigenvalue weighted by Gasteiger charge is -2.16. The zero-order chi connectivity index (χ0) is 24.6. The minimum absolute atomic E-state index is 1.08. The standard InChI is InChI=1S/C36H25N/c1-2-11-26(12-3-1)35-24-28(23-27-14-5-7-17-30(27)35)37-36-22-21-33(32-18-8-9-19-34(32)36)31-20-10-15-25-13-4-6-16-29(25)31/h1-24,37H. The summed E-state index contributed by atoms with van der Waals surface area (Å²) in [5, 5.41) is 11.2. The molecule has 7 aromatic rings. The van der Waals surface area contributed by atoms with Crippen LogP contribution in [0.15, 0.2) is 146 Å². The molecule has 0 fully saturated rings.